The van der Waals surface area contributed by atoms with E-state index in [1.165, 1.54) is 0 Å². The molecular formula is C13H23N3O3. The first-order chi connectivity index (χ1) is 9.08. The Labute approximate surface area is 113 Å². The van der Waals surface area contributed by atoms with Crippen molar-refractivity contribution in [2.24, 2.45) is 5.41 Å². The third-order valence-electron chi connectivity index (χ3n) is 4.16. The summed E-state index contributed by atoms with van der Waals surface area (Å²) >= 11 is 0. The van der Waals surface area contributed by atoms with Crippen molar-refractivity contribution in [3.05, 3.63) is 0 Å². The van der Waals surface area contributed by atoms with Gasteiger partial charge in [-0.1, -0.05) is 6.92 Å². The molecule has 0 aromatic rings. The number of nitrogens with one attached hydrogen (secondary N) is 2. The zero-order valence-electron chi connectivity index (χ0n) is 11.7. The van der Waals surface area contributed by atoms with Crippen LogP contribution in [0.2, 0.25) is 0 Å². The van der Waals surface area contributed by atoms with E-state index in [4.69, 9.17) is 4.74 Å². The Kier molecular flexibility index (Phi) is 4.42. The second-order valence-corrected chi connectivity index (χ2v) is 5.51. The summed E-state index contributed by atoms with van der Waals surface area (Å²) in [5, 5.41) is 5.88. The van der Waals surface area contributed by atoms with Crippen molar-refractivity contribution in [2.45, 2.75) is 25.8 Å². The van der Waals surface area contributed by atoms with E-state index in [9.17, 15) is 9.59 Å². The molecule has 1 atom stereocenters. The minimum absolute atomic E-state index is 0.0888. The molecule has 0 aliphatic carbocycles. The van der Waals surface area contributed by atoms with Crippen molar-refractivity contribution in [1.29, 1.82) is 0 Å². The summed E-state index contributed by atoms with van der Waals surface area (Å²) in [7, 11) is 1.59. The summed E-state index contributed by atoms with van der Waals surface area (Å²) in [5.74, 6) is -0.0588. The Hall–Kier alpha value is -1.14. The van der Waals surface area contributed by atoms with Crippen LogP contribution in [0.15, 0.2) is 0 Å². The summed E-state index contributed by atoms with van der Waals surface area (Å²) < 4.78 is 5.34. The molecule has 2 fully saturated rings. The quantitative estimate of drug-likeness (QED) is 0.699. The molecule has 6 heteroatoms. The maximum atomic E-state index is 12.8. The highest BCUT2D eigenvalue weighted by Gasteiger charge is 2.42. The van der Waals surface area contributed by atoms with Gasteiger partial charge in [0.15, 0.2) is 0 Å². The first-order valence-corrected chi connectivity index (χ1v) is 6.89. The van der Waals surface area contributed by atoms with Gasteiger partial charge in [-0.25, -0.2) is 0 Å². The van der Waals surface area contributed by atoms with Gasteiger partial charge in [0.2, 0.25) is 11.8 Å². The first-order valence-electron chi connectivity index (χ1n) is 6.89. The predicted molar refractivity (Wildman–Crippen MR) is 70.6 cm³/mol. The van der Waals surface area contributed by atoms with E-state index >= 15 is 0 Å². The average Bonchev–Trinajstić information content (AvgIpc) is 2.46. The van der Waals surface area contributed by atoms with Gasteiger partial charge in [-0.05, 0) is 25.9 Å². The Balaban J connectivity index is 2.12. The Morgan fingerprint density at radius 2 is 2.05 bits per heavy atom. The number of likely N-dealkylation sites (N-methyl/N-ethyl adjacent to an activating group) is 1. The van der Waals surface area contributed by atoms with Crippen LogP contribution in [0.4, 0.5) is 0 Å². The van der Waals surface area contributed by atoms with Gasteiger partial charge in [-0.15, -0.1) is 0 Å². The van der Waals surface area contributed by atoms with E-state index in [0.717, 1.165) is 25.9 Å². The van der Waals surface area contributed by atoms with E-state index < -0.39 is 6.04 Å². The summed E-state index contributed by atoms with van der Waals surface area (Å²) in [5.41, 5.74) is -0.352. The number of nitrogens with zero attached hydrogens (tertiary/aromatic N) is 1. The first kappa shape index (κ1) is 14.3. The lowest BCUT2D eigenvalue weighted by Crippen LogP contribution is -2.59. The van der Waals surface area contributed by atoms with Gasteiger partial charge in [-0.3, -0.25) is 9.59 Å². The largest absolute Gasteiger partial charge is 0.377 e. The number of ether oxygens (including phenoxy) is 1. The molecule has 2 aliphatic rings. The monoisotopic (exact) mass is 269 g/mol. The SMILES string of the molecule is CNC(=O)C1COCCN1C(=O)C1(C)CCNCC1. The molecule has 19 heavy (non-hydrogen) atoms. The minimum Gasteiger partial charge on any atom is -0.377 e. The van der Waals surface area contributed by atoms with Crippen molar-refractivity contribution in [3.63, 3.8) is 0 Å². The molecule has 2 amide bonds. The third-order valence-corrected chi connectivity index (χ3v) is 4.16. The van der Waals surface area contributed by atoms with Crippen molar-refractivity contribution in [2.75, 3.05) is 39.9 Å². The van der Waals surface area contributed by atoms with E-state index in [-0.39, 0.29) is 17.2 Å². The van der Waals surface area contributed by atoms with Gasteiger partial charge in [-0.2, -0.15) is 0 Å². The number of morpholine rings is 1. The zero-order valence-corrected chi connectivity index (χ0v) is 11.7. The molecule has 6 nitrogen and oxygen atoms in total. The number of hydrogen-bond acceptors (Lipinski definition) is 4. The molecule has 0 saturated carbocycles. The van der Waals surface area contributed by atoms with Gasteiger partial charge < -0.3 is 20.3 Å². The van der Waals surface area contributed by atoms with Gasteiger partial charge >= 0.3 is 0 Å². The Bertz CT molecular complexity index is 353. The molecule has 2 heterocycles. The Morgan fingerprint density at radius 1 is 1.37 bits per heavy atom. The van der Waals surface area contributed by atoms with E-state index in [1.807, 2.05) is 6.92 Å². The number of carbonyl (C=O) groups is 2. The molecule has 0 aromatic carbocycles. The van der Waals surface area contributed by atoms with Crippen LogP contribution in [0, 0.1) is 5.41 Å². The number of rotatable bonds is 2. The number of hydrogen-bond donors (Lipinski definition) is 2. The second kappa shape index (κ2) is 5.88. The molecular weight excluding hydrogens is 246 g/mol. The molecule has 2 saturated heterocycles. The van der Waals surface area contributed by atoms with Crippen LogP contribution in [0.1, 0.15) is 19.8 Å². The van der Waals surface area contributed by atoms with Crippen LogP contribution < -0.4 is 10.6 Å². The van der Waals surface area contributed by atoms with Gasteiger partial charge in [0, 0.05) is 19.0 Å². The number of amides is 2. The smallest absolute Gasteiger partial charge is 0.244 e. The molecule has 0 aromatic heterocycles. The van der Waals surface area contributed by atoms with E-state index in [1.54, 1.807) is 11.9 Å². The highest BCUT2D eigenvalue weighted by Crippen LogP contribution is 2.31. The fraction of sp³-hybridized carbons (Fsp3) is 0.846. The predicted octanol–water partition coefficient (Wildman–Crippen LogP) is -0.650. The molecule has 0 bridgehead atoms. The molecule has 108 valence electrons. The lowest BCUT2D eigenvalue weighted by Gasteiger charge is -2.42. The van der Waals surface area contributed by atoms with Crippen molar-refractivity contribution in [1.82, 2.24) is 15.5 Å². The molecule has 0 radical (unpaired) electrons. The fourth-order valence-electron chi connectivity index (χ4n) is 2.77. The topological polar surface area (TPSA) is 70.7 Å². The van der Waals surface area contributed by atoms with Crippen molar-refractivity contribution >= 4 is 11.8 Å². The number of carbonyl (C=O) groups excluding carboxylic acids is 2. The highest BCUT2D eigenvalue weighted by molar-refractivity contribution is 5.90. The van der Waals surface area contributed by atoms with Crippen molar-refractivity contribution in [3.8, 4) is 0 Å². The molecule has 2 N–H and O–H groups in total. The summed E-state index contributed by atoms with van der Waals surface area (Å²) in [6.07, 6.45) is 1.65. The van der Waals surface area contributed by atoms with Crippen LogP contribution in [0.25, 0.3) is 0 Å². The molecule has 2 rings (SSSR count). The van der Waals surface area contributed by atoms with Gasteiger partial charge in [0.25, 0.3) is 0 Å². The summed E-state index contributed by atoms with van der Waals surface area (Å²) in [6.45, 7) is 5.02. The summed E-state index contributed by atoms with van der Waals surface area (Å²) in [6, 6.07) is -0.488. The van der Waals surface area contributed by atoms with E-state index in [0.29, 0.717) is 19.8 Å². The van der Waals surface area contributed by atoms with Crippen LogP contribution in [0.3, 0.4) is 0 Å². The van der Waals surface area contributed by atoms with Crippen LogP contribution in [0.5, 0.6) is 0 Å². The van der Waals surface area contributed by atoms with Crippen LogP contribution >= 0.6 is 0 Å². The lowest BCUT2D eigenvalue weighted by molar-refractivity contribution is -0.157. The summed E-state index contributed by atoms with van der Waals surface area (Å²) in [4.78, 5) is 26.3. The zero-order chi connectivity index (χ0) is 13.9. The standard InChI is InChI=1S/C13H23N3O3/c1-13(3-5-15-6-4-13)12(18)16-7-8-19-9-10(16)11(17)14-2/h10,15H,3-9H2,1-2H3,(H,14,17). The van der Waals surface area contributed by atoms with E-state index in [2.05, 4.69) is 10.6 Å². The Morgan fingerprint density at radius 3 is 2.68 bits per heavy atom. The molecule has 2 aliphatic heterocycles. The van der Waals surface area contributed by atoms with Crippen LogP contribution in [-0.4, -0.2) is 62.7 Å². The van der Waals surface area contributed by atoms with Crippen molar-refractivity contribution < 1.29 is 14.3 Å². The maximum absolute atomic E-state index is 12.8. The third kappa shape index (κ3) is 2.90. The fourth-order valence-corrected chi connectivity index (χ4v) is 2.77. The maximum Gasteiger partial charge on any atom is 0.244 e. The molecule has 0 spiro atoms. The molecule has 1 unspecified atom stereocenters. The lowest BCUT2D eigenvalue weighted by atomic mass is 9.79. The second-order valence-electron chi connectivity index (χ2n) is 5.51. The minimum atomic E-state index is -0.488. The highest BCUT2D eigenvalue weighted by atomic mass is 16.5. The van der Waals surface area contributed by atoms with Crippen LogP contribution in [-0.2, 0) is 14.3 Å². The normalized spacial score (nSPS) is 26.8. The van der Waals surface area contributed by atoms with Gasteiger partial charge in [0.1, 0.15) is 6.04 Å². The number of piperidine rings is 1. The van der Waals surface area contributed by atoms with Gasteiger partial charge in [0.05, 0.1) is 13.2 Å². The average molecular weight is 269 g/mol.